The molecule has 3 fully saturated rings. The number of sulfonamides is 1. The van der Waals surface area contributed by atoms with Crippen LogP contribution in [0.15, 0.2) is 79.5 Å². The molecule has 3 aliphatic rings. The molecule has 2 amide bonds. The van der Waals surface area contributed by atoms with E-state index in [0.29, 0.717) is 62.5 Å². The zero-order valence-corrected chi connectivity index (χ0v) is 44.4. The maximum Gasteiger partial charge on any atom is 0.257 e. The van der Waals surface area contributed by atoms with Crippen LogP contribution in [0.1, 0.15) is 70.4 Å². The molecule has 77 heavy (non-hydrogen) atoms. The van der Waals surface area contributed by atoms with Gasteiger partial charge in [0.05, 0.1) is 40.7 Å². The van der Waals surface area contributed by atoms with E-state index in [2.05, 4.69) is 56.3 Å². The van der Waals surface area contributed by atoms with Gasteiger partial charge >= 0.3 is 0 Å². The number of aromatic nitrogens is 11. The molecule has 0 unspecified atom stereocenters. The van der Waals surface area contributed by atoms with Gasteiger partial charge in [0.1, 0.15) is 11.0 Å². The number of amides is 2. The van der Waals surface area contributed by atoms with Gasteiger partial charge in [-0.25, -0.2) is 17.8 Å². The van der Waals surface area contributed by atoms with E-state index >= 15 is 0 Å². The number of nitrogens with one attached hydrogen (secondary N) is 5. The van der Waals surface area contributed by atoms with Crippen LogP contribution < -0.4 is 41.5 Å². The van der Waals surface area contributed by atoms with Gasteiger partial charge in [0, 0.05) is 160 Å². The van der Waals surface area contributed by atoms with Crippen molar-refractivity contribution in [2.45, 2.75) is 76.3 Å². The van der Waals surface area contributed by atoms with Gasteiger partial charge in [0.15, 0.2) is 5.82 Å². The van der Waals surface area contributed by atoms with Crippen LogP contribution >= 0.6 is 0 Å². The highest BCUT2D eigenvalue weighted by atomic mass is 32.2. The third kappa shape index (κ3) is 10.6. The van der Waals surface area contributed by atoms with Crippen LogP contribution in [0.4, 0.5) is 28.6 Å². The van der Waals surface area contributed by atoms with Crippen LogP contribution in [-0.4, -0.2) is 124 Å². The van der Waals surface area contributed by atoms with Gasteiger partial charge in [0.25, 0.3) is 11.8 Å². The summed E-state index contributed by atoms with van der Waals surface area (Å²) in [6.45, 7) is 3.80. The Morgan fingerprint density at radius 2 is 1.10 bits per heavy atom. The molecule has 2 saturated heterocycles. The molecule has 0 radical (unpaired) electrons. The van der Waals surface area contributed by atoms with Crippen LogP contribution in [0.3, 0.4) is 0 Å². The second-order valence-electron chi connectivity index (χ2n) is 20.9. The molecule has 7 heterocycles. The van der Waals surface area contributed by atoms with E-state index in [-0.39, 0.29) is 43.2 Å². The van der Waals surface area contributed by atoms with E-state index < -0.39 is 10.0 Å². The Kier molecular flexibility index (Phi) is 13.1. The average molecular weight is 1060 g/mol. The lowest BCUT2D eigenvalue weighted by molar-refractivity contribution is 0.102. The normalized spacial score (nSPS) is 15.9. The molecule has 0 atom stereocenters. The quantitative estimate of drug-likeness (QED) is 0.0722. The Morgan fingerprint density at radius 3 is 1.65 bits per heavy atom. The topological polar surface area (TPSA) is 263 Å². The van der Waals surface area contributed by atoms with Crippen molar-refractivity contribution in [3.63, 3.8) is 0 Å². The second-order valence-corrected chi connectivity index (χ2v) is 22.9. The number of aryl methyl sites for hydroxylation is 5. The second kappa shape index (κ2) is 20.2. The standard InChI is InChI=1S/C53H63N19O4S/c1-66-27-34-23-39(58-52(73)42-8-10-46(44-30-69(4)64-51(42)44)71-17-13-38(14-18-71)57-37-5-6-37)21-32(48(34)61-66)25-55-47-31-72(65-60-47)19-20-77(75,76)56-26-33-22-40(24-35-28-67(2)62-49(33)35)59-53(74)41-7-9-45(43-29-68(3)63-50(41)43)70-15-11-36(54)12-16-70/h7-10,21-24,27-31,36-38,55-57H,5-6,11-20,25-26,54H2,1-4H3,(H,58,73)(H,59,74). The minimum absolute atomic E-state index is 0.0259. The van der Waals surface area contributed by atoms with Gasteiger partial charge < -0.3 is 36.8 Å². The van der Waals surface area contributed by atoms with E-state index in [4.69, 9.17) is 15.9 Å². The van der Waals surface area contributed by atoms with Crippen molar-refractivity contribution in [1.82, 2.24) is 64.2 Å². The summed E-state index contributed by atoms with van der Waals surface area (Å²) >= 11 is 0. The first kappa shape index (κ1) is 49.9. The number of piperidine rings is 2. The molecule has 0 bridgehead atoms. The number of anilines is 5. The minimum Gasteiger partial charge on any atom is -0.371 e. The van der Waals surface area contributed by atoms with Crippen LogP contribution in [-0.2, 0) is 57.8 Å². The molecule has 1 saturated carbocycles. The Balaban J connectivity index is 0.680. The Bertz CT molecular complexity index is 3830. The summed E-state index contributed by atoms with van der Waals surface area (Å²) in [6.07, 6.45) is 15.8. The van der Waals surface area contributed by atoms with E-state index in [1.54, 1.807) is 44.1 Å². The lowest BCUT2D eigenvalue weighted by atomic mass is 10.0. The number of hydrogen-bond acceptors (Lipinski definition) is 15. The molecule has 9 aromatic rings. The number of carbonyl (C=O) groups is 2. The number of fused-ring (bicyclic) bond motifs is 4. The third-order valence-electron chi connectivity index (χ3n) is 15.0. The number of rotatable bonds is 17. The van der Waals surface area contributed by atoms with Gasteiger partial charge in [-0.1, -0.05) is 5.21 Å². The highest BCUT2D eigenvalue weighted by molar-refractivity contribution is 7.89. The summed E-state index contributed by atoms with van der Waals surface area (Å²) in [5.74, 6) is -0.462. The van der Waals surface area contributed by atoms with Crippen molar-refractivity contribution >= 4 is 94.0 Å². The number of carbonyl (C=O) groups excluding carboxylic acids is 2. The monoisotopic (exact) mass is 1060 g/mol. The van der Waals surface area contributed by atoms with Crippen LogP contribution in [0.25, 0.3) is 43.6 Å². The van der Waals surface area contributed by atoms with Crippen molar-refractivity contribution in [3.8, 4) is 0 Å². The molecule has 12 rings (SSSR count). The van der Waals surface area contributed by atoms with Crippen LogP contribution in [0.5, 0.6) is 0 Å². The lowest BCUT2D eigenvalue weighted by Crippen LogP contribution is -2.43. The van der Waals surface area contributed by atoms with Crippen molar-refractivity contribution in [3.05, 3.63) is 102 Å². The lowest BCUT2D eigenvalue weighted by Gasteiger charge is -2.34. The van der Waals surface area contributed by atoms with E-state index in [0.717, 1.165) is 95.9 Å². The summed E-state index contributed by atoms with van der Waals surface area (Å²) in [4.78, 5) is 32.7. The maximum absolute atomic E-state index is 14.1. The molecule has 400 valence electrons. The van der Waals surface area contributed by atoms with Gasteiger partial charge in [-0.15, -0.1) is 5.10 Å². The van der Waals surface area contributed by atoms with E-state index in [9.17, 15) is 18.0 Å². The van der Waals surface area contributed by atoms with Gasteiger partial charge in [0.2, 0.25) is 10.0 Å². The Morgan fingerprint density at radius 1 is 0.610 bits per heavy atom. The molecule has 5 aromatic heterocycles. The van der Waals surface area contributed by atoms with Crippen molar-refractivity contribution in [1.29, 1.82) is 0 Å². The zero-order chi connectivity index (χ0) is 53.1. The SMILES string of the molecule is Cn1cc2cc(NC(=O)c3ccc(N4CCC(NC5CC5)CC4)c4cn(C)nc34)cc(CNc3cn(CCS(=O)(=O)NCc4cc(NC(=O)c5ccc(N6CCC(N)CC6)c6cn(C)nc56)cc5cn(C)nc45)nn3)c2n1. The fraction of sp³-hybridized carbons (Fsp3) is 0.396. The average Bonchev–Trinajstić information content (AvgIpc) is 3.84. The first-order chi connectivity index (χ1) is 37.1. The fourth-order valence-corrected chi connectivity index (χ4v) is 11.9. The van der Waals surface area contributed by atoms with Crippen molar-refractivity contribution in [2.24, 2.45) is 33.9 Å². The highest BCUT2D eigenvalue weighted by Crippen LogP contribution is 2.35. The molecule has 1 aliphatic carbocycles. The maximum atomic E-state index is 14.1. The molecule has 0 spiro atoms. The van der Waals surface area contributed by atoms with E-state index in [1.165, 1.54) is 17.5 Å². The largest absolute Gasteiger partial charge is 0.371 e. The molecule has 4 aromatic carbocycles. The Hall–Kier alpha value is -7.93. The van der Waals surface area contributed by atoms with Gasteiger partial charge in [-0.2, -0.15) is 20.4 Å². The Labute approximate surface area is 444 Å². The summed E-state index contributed by atoms with van der Waals surface area (Å²) < 4.78 is 38.1. The molecule has 7 N–H and O–H groups in total. The minimum atomic E-state index is -3.84. The van der Waals surface area contributed by atoms with Crippen LogP contribution in [0.2, 0.25) is 0 Å². The van der Waals surface area contributed by atoms with Crippen molar-refractivity contribution < 1.29 is 18.0 Å². The van der Waals surface area contributed by atoms with Crippen LogP contribution in [0, 0.1) is 0 Å². The molecule has 24 heteroatoms. The first-order valence-electron chi connectivity index (χ1n) is 26.3. The number of nitrogens with zero attached hydrogens (tertiary/aromatic N) is 13. The zero-order valence-electron chi connectivity index (χ0n) is 43.6. The number of nitrogens with two attached hydrogens (primary N) is 1. The number of hydrogen-bond donors (Lipinski definition) is 6. The first-order valence-corrected chi connectivity index (χ1v) is 27.9. The molecular formula is C53H63N19O4S. The fourth-order valence-electron chi connectivity index (χ4n) is 11.0. The molecule has 2 aliphatic heterocycles. The molecular weight excluding hydrogens is 999 g/mol. The van der Waals surface area contributed by atoms with Gasteiger partial charge in [-0.05, 0) is 92.6 Å². The van der Waals surface area contributed by atoms with E-state index in [1.807, 2.05) is 82.3 Å². The summed E-state index contributed by atoms with van der Waals surface area (Å²) in [7, 11) is 3.51. The van der Waals surface area contributed by atoms with Crippen molar-refractivity contribution in [2.75, 3.05) is 57.7 Å². The number of benzene rings is 4. The summed E-state index contributed by atoms with van der Waals surface area (Å²) in [5.41, 5.74) is 14.3. The van der Waals surface area contributed by atoms with Gasteiger partial charge in [-0.3, -0.25) is 28.3 Å². The third-order valence-corrected chi connectivity index (χ3v) is 16.3. The predicted octanol–water partition coefficient (Wildman–Crippen LogP) is 4.71. The predicted molar refractivity (Wildman–Crippen MR) is 298 cm³/mol. The molecule has 23 nitrogen and oxygen atoms in total. The summed E-state index contributed by atoms with van der Waals surface area (Å²) in [5, 5.41) is 43.8. The summed E-state index contributed by atoms with van der Waals surface area (Å²) in [6, 6.07) is 16.5. The smallest absolute Gasteiger partial charge is 0.257 e. The highest BCUT2D eigenvalue weighted by Gasteiger charge is 2.29.